The van der Waals surface area contributed by atoms with Crippen LogP contribution in [0.4, 0.5) is 5.82 Å². The van der Waals surface area contributed by atoms with Gasteiger partial charge in [-0.2, -0.15) is 0 Å². The average molecular weight is 400 g/mol. The first-order valence-electron chi connectivity index (χ1n) is 10.2. The van der Waals surface area contributed by atoms with Crippen molar-refractivity contribution in [3.63, 3.8) is 0 Å². The Bertz CT molecular complexity index is 1160. The Kier molecular flexibility index (Phi) is 4.67. The number of imidazole rings is 1. The first kappa shape index (κ1) is 18.7. The predicted octanol–water partition coefficient (Wildman–Crippen LogP) is 3.80. The maximum Gasteiger partial charge on any atom is 0.148 e. The molecule has 5 heterocycles. The van der Waals surface area contributed by atoms with Gasteiger partial charge in [0.25, 0.3) is 0 Å². The van der Waals surface area contributed by atoms with E-state index in [9.17, 15) is 0 Å². The van der Waals surface area contributed by atoms with Crippen LogP contribution >= 0.6 is 0 Å². The highest BCUT2D eigenvalue weighted by molar-refractivity contribution is 5.82. The van der Waals surface area contributed by atoms with E-state index >= 15 is 0 Å². The van der Waals surface area contributed by atoms with Crippen LogP contribution in [0.5, 0.6) is 0 Å². The highest BCUT2D eigenvalue weighted by Gasteiger charge is 2.23. The second kappa shape index (κ2) is 7.50. The highest BCUT2D eigenvalue weighted by Crippen LogP contribution is 2.28. The number of aromatic nitrogens is 5. The lowest BCUT2D eigenvalue weighted by atomic mass is 10.2. The van der Waals surface area contributed by atoms with Crippen LogP contribution in [0, 0.1) is 6.92 Å². The van der Waals surface area contributed by atoms with E-state index in [0.717, 1.165) is 52.7 Å². The van der Waals surface area contributed by atoms with Crippen LogP contribution in [0.25, 0.3) is 28.2 Å². The summed E-state index contributed by atoms with van der Waals surface area (Å²) in [6, 6.07) is 10.1. The van der Waals surface area contributed by atoms with Gasteiger partial charge < -0.3 is 9.64 Å². The normalized spacial score (nSPS) is 19.4. The Morgan fingerprint density at radius 3 is 2.37 bits per heavy atom. The van der Waals surface area contributed by atoms with Crippen LogP contribution in [0.2, 0.25) is 0 Å². The second-order valence-corrected chi connectivity index (χ2v) is 7.90. The number of hydrogen-bond acceptors (Lipinski definition) is 6. The molecule has 30 heavy (non-hydrogen) atoms. The summed E-state index contributed by atoms with van der Waals surface area (Å²) < 4.78 is 7.88. The molecule has 0 amide bonds. The van der Waals surface area contributed by atoms with E-state index in [1.807, 2.05) is 42.2 Å². The predicted molar refractivity (Wildman–Crippen MR) is 117 cm³/mol. The quantitative estimate of drug-likeness (QED) is 0.521. The number of nitrogens with zero attached hydrogens (tertiary/aromatic N) is 6. The molecule has 4 aromatic heterocycles. The average Bonchev–Trinajstić information content (AvgIpc) is 3.13. The lowest BCUT2D eigenvalue weighted by Gasteiger charge is -2.36. The van der Waals surface area contributed by atoms with Gasteiger partial charge in [-0.05, 0) is 50.6 Å². The molecule has 0 bridgehead atoms. The summed E-state index contributed by atoms with van der Waals surface area (Å²) in [7, 11) is 0. The number of morpholine rings is 1. The fraction of sp³-hybridized carbons (Fsp3) is 0.304. The van der Waals surface area contributed by atoms with E-state index in [2.05, 4.69) is 46.9 Å². The number of aryl methyl sites for hydroxylation is 1. The minimum absolute atomic E-state index is 0.194. The Morgan fingerprint density at radius 2 is 1.67 bits per heavy atom. The minimum atomic E-state index is 0.194. The van der Waals surface area contributed by atoms with Crippen molar-refractivity contribution in [2.75, 3.05) is 18.0 Å². The summed E-state index contributed by atoms with van der Waals surface area (Å²) in [6.45, 7) is 7.91. The number of fused-ring (bicyclic) bond motifs is 1. The molecule has 7 heteroatoms. The minimum Gasteiger partial charge on any atom is -0.372 e. The summed E-state index contributed by atoms with van der Waals surface area (Å²) in [5, 5.41) is 0. The first-order valence-corrected chi connectivity index (χ1v) is 10.2. The molecule has 1 saturated heterocycles. The topological polar surface area (TPSA) is 69.0 Å². The van der Waals surface area contributed by atoms with E-state index < -0.39 is 0 Å². The lowest BCUT2D eigenvalue weighted by Crippen LogP contribution is -2.45. The van der Waals surface area contributed by atoms with Crippen molar-refractivity contribution in [3.05, 3.63) is 60.7 Å². The van der Waals surface area contributed by atoms with Crippen molar-refractivity contribution >= 4 is 16.9 Å². The van der Waals surface area contributed by atoms with E-state index in [1.165, 1.54) is 0 Å². The Labute approximate surface area is 175 Å². The van der Waals surface area contributed by atoms with Gasteiger partial charge >= 0.3 is 0 Å². The molecule has 0 saturated carbocycles. The van der Waals surface area contributed by atoms with E-state index in [0.29, 0.717) is 0 Å². The van der Waals surface area contributed by atoms with Gasteiger partial charge in [-0.25, -0.2) is 15.0 Å². The Balaban J connectivity index is 1.56. The van der Waals surface area contributed by atoms with Gasteiger partial charge in [0.15, 0.2) is 0 Å². The standard InChI is InChI=1S/C23H24N6O/c1-15-4-6-22(25-10-15)29-20-12-24-9-8-19(20)27-23(29)18-5-7-21(26-11-18)28-13-16(2)30-17(3)14-28/h4-12,16-17H,13-14H2,1-3H3. The van der Waals surface area contributed by atoms with Crippen LogP contribution in [-0.2, 0) is 4.74 Å². The van der Waals surface area contributed by atoms with Crippen molar-refractivity contribution < 1.29 is 4.74 Å². The molecule has 4 aromatic rings. The van der Waals surface area contributed by atoms with Crippen molar-refractivity contribution in [2.24, 2.45) is 0 Å². The van der Waals surface area contributed by atoms with Crippen LogP contribution in [0.1, 0.15) is 19.4 Å². The van der Waals surface area contributed by atoms with Crippen LogP contribution in [-0.4, -0.2) is 49.8 Å². The molecule has 1 aliphatic heterocycles. The van der Waals surface area contributed by atoms with E-state index in [4.69, 9.17) is 14.7 Å². The molecular formula is C23H24N6O. The maximum atomic E-state index is 5.84. The monoisotopic (exact) mass is 400 g/mol. The molecule has 1 fully saturated rings. The zero-order chi connectivity index (χ0) is 20.7. The van der Waals surface area contributed by atoms with Crippen LogP contribution in [0.15, 0.2) is 55.1 Å². The summed E-state index contributed by atoms with van der Waals surface area (Å²) in [5.74, 6) is 2.57. The number of pyridine rings is 3. The molecule has 0 spiro atoms. The molecule has 0 N–H and O–H groups in total. The van der Waals surface area contributed by atoms with Gasteiger partial charge in [-0.3, -0.25) is 9.55 Å². The molecule has 5 rings (SSSR count). The highest BCUT2D eigenvalue weighted by atomic mass is 16.5. The molecule has 2 atom stereocenters. The van der Waals surface area contributed by atoms with Gasteiger partial charge in [-0.15, -0.1) is 0 Å². The Morgan fingerprint density at radius 1 is 0.900 bits per heavy atom. The second-order valence-electron chi connectivity index (χ2n) is 7.90. The smallest absolute Gasteiger partial charge is 0.148 e. The first-order chi connectivity index (χ1) is 14.6. The van der Waals surface area contributed by atoms with Crippen LogP contribution in [0.3, 0.4) is 0 Å². The molecule has 2 unspecified atom stereocenters. The molecule has 1 aliphatic rings. The largest absolute Gasteiger partial charge is 0.372 e. The summed E-state index contributed by atoms with van der Waals surface area (Å²) in [4.78, 5) is 20.8. The van der Waals surface area contributed by atoms with Gasteiger partial charge in [-0.1, -0.05) is 6.07 Å². The fourth-order valence-electron chi connectivity index (χ4n) is 4.01. The maximum absolute atomic E-state index is 5.84. The van der Waals surface area contributed by atoms with Gasteiger partial charge in [0, 0.05) is 37.2 Å². The number of hydrogen-bond donors (Lipinski definition) is 0. The summed E-state index contributed by atoms with van der Waals surface area (Å²) in [6.07, 6.45) is 7.72. The number of ether oxygens (including phenoxy) is 1. The summed E-state index contributed by atoms with van der Waals surface area (Å²) >= 11 is 0. The van der Waals surface area contributed by atoms with Gasteiger partial charge in [0.1, 0.15) is 17.5 Å². The lowest BCUT2D eigenvalue weighted by molar-refractivity contribution is -0.00545. The molecule has 152 valence electrons. The van der Waals surface area contributed by atoms with Crippen LogP contribution < -0.4 is 4.90 Å². The van der Waals surface area contributed by atoms with Gasteiger partial charge in [0.2, 0.25) is 0 Å². The Hall–Kier alpha value is -3.32. The summed E-state index contributed by atoms with van der Waals surface area (Å²) in [5.41, 5.74) is 3.85. The molecular weight excluding hydrogens is 376 g/mol. The molecule has 0 aliphatic carbocycles. The van der Waals surface area contributed by atoms with Crippen molar-refractivity contribution in [2.45, 2.75) is 33.0 Å². The third kappa shape index (κ3) is 3.41. The van der Waals surface area contributed by atoms with E-state index in [1.54, 1.807) is 6.20 Å². The number of rotatable bonds is 3. The molecule has 0 aromatic carbocycles. The number of anilines is 1. The zero-order valence-electron chi connectivity index (χ0n) is 17.4. The molecule has 0 radical (unpaired) electrons. The van der Waals surface area contributed by atoms with Gasteiger partial charge in [0.05, 0.1) is 29.4 Å². The molecule has 7 nitrogen and oxygen atoms in total. The van der Waals surface area contributed by atoms with E-state index in [-0.39, 0.29) is 12.2 Å². The van der Waals surface area contributed by atoms with Crippen molar-refractivity contribution in [1.29, 1.82) is 0 Å². The van der Waals surface area contributed by atoms with Crippen molar-refractivity contribution in [3.8, 4) is 17.2 Å². The zero-order valence-corrected chi connectivity index (χ0v) is 17.4. The SMILES string of the molecule is Cc1ccc(-n2c(-c3ccc(N4CC(C)OC(C)C4)nc3)nc3ccncc32)nc1. The van der Waals surface area contributed by atoms with Crippen molar-refractivity contribution in [1.82, 2.24) is 24.5 Å². The third-order valence-electron chi connectivity index (χ3n) is 5.33. The third-order valence-corrected chi connectivity index (χ3v) is 5.33. The fourth-order valence-corrected chi connectivity index (χ4v) is 4.01.